The third-order valence-corrected chi connectivity index (χ3v) is 3.84. The van der Waals surface area contributed by atoms with Crippen LogP contribution in [-0.4, -0.2) is 15.0 Å². The van der Waals surface area contributed by atoms with E-state index in [1.165, 1.54) is 5.56 Å². The van der Waals surface area contributed by atoms with Gasteiger partial charge in [0.2, 0.25) is 0 Å². The Morgan fingerprint density at radius 3 is 2.65 bits per heavy atom. The molecule has 0 unspecified atom stereocenters. The Kier molecular flexibility index (Phi) is 5.70. The van der Waals surface area contributed by atoms with E-state index in [0.717, 1.165) is 17.2 Å². The van der Waals surface area contributed by atoms with Crippen LogP contribution in [0.5, 0.6) is 0 Å². The molecule has 0 spiro atoms. The SMILES string of the molecule is C/C(=N\NC(=S)SCc1ccccc1)c1ccccn1. The molecule has 0 fully saturated rings. The van der Waals surface area contributed by atoms with Crippen molar-refractivity contribution in [2.75, 3.05) is 0 Å². The van der Waals surface area contributed by atoms with Crippen LogP contribution in [-0.2, 0) is 5.75 Å². The average Bonchev–Trinajstić information content (AvgIpc) is 2.52. The molecule has 0 amide bonds. The highest BCUT2D eigenvalue weighted by Gasteiger charge is 2.00. The fourth-order valence-corrected chi connectivity index (χ4v) is 2.34. The van der Waals surface area contributed by atoms with E-state index in [0.29, 0.717) is 4.32 Å². The smallest absolute Gasteiger partial charge is 0.154 e. The fourth-order valence-electron chi connectivity index (χ4n) is 1.52. The first-order chi connectivity index (χ1) is 9.75. The van der Waals surface area contributed by atoms with Gasteiger partial charge in [0.1, 0.15) is 0 Å². The highest BCUT2D eigenvalue weighted by Crippen LogP contribution is 2.12. The lowest BCUT2D eigenvalue weighted by Gasteiger charge is -2.04. The minimum atomic E-state index is 0.657. The molecule has 0 radical (unpaired) electrons. The molecule has 2 aromatic rings. The van der Waals surface area contributed by atoms with Crippen molar-refractivity contribution in [3.05, 3.63) is 66.0 Å². The van der Waals surface area contributed by atoms with Gasteiger partial charge in [0.15, 0.2) is 4.32 Å². The van der Waals surface area contributed by atoms with Crippen molar-refractivity contribution < 1.29 is 0 Å². The van der Waals surface area contributed by atoms with E-state index >= 15 is 0 Å². The molecule has 1 heterocycles. The van der Waals surface area contributed by atoms with Gasteiger partial charge in [-0.25, -0.2) is 0 Å². The number of hydrogen-bond acceptors (Lipinski definition) is 4. The number of aromatic nitrogens is 1. The highest BCUT2D eigenvalue weighted by molar-refractivity contribution is 8.22. The Hall–Kier alpha value is -1.72. The van der Waals surface area contributed by atoms with Crippen molar-refractivity contribution in [3.8, 4) is 0 Å². The van der Waals surface area contributed by atoms with Gasteiger partial charge >= 0.3 is 0 Å². The van der Waals surface area contributed by atoms with Crippen molar-refractivity contribution in [1.82, 2.24) is 10.4 Å². The van der Waals surface area contributed by atoms with E-state index < -0.39 is 0 Å². The number of nitrogens with zero attached hydrogens (tertiary/aromatic N) is 2. The molecule has 0 atom stereocenters. The molecule has 0 saturated carbocycles. The van der Waals surface area contributed by atoms with Crippen LogP contribution in [0.1, 0.15) is 18.2 Å². The first-order valence-corrected chi connectivity index (χ1v) is 7.57. The number of pyridine rings is 1. The minimum absolute atomic E-state index is 0.657. The maximum Gasteiger partial charge on any atom is 0.154 e. The van der Waals surface area contributed by atoms with E-state index in [9.17, 15) is 0 Å². The zero-order chi connectivity index (χ0) is 14.2. The topological polar surface area (TPSA) is 37.3 Å². The number of benzene rings is 1. The molecule has 5 heteroatoms. The summed E-state index contributed by atoms with van der Waals surface area (Å²) in [6.07, 6.45) is 1.75. The van der Waals surface area contributed by atoms with Gasteiger partial charge in [-0.05, 0) is 24.6 Å². The van der Waals surface area contributed by atoms with Gasteiger partial charge in [-0.1, -0.05) is 60.4 Å². The normalized spacial score (nSPS) is 11.2. The predicted octanol–water partition coefficient (Wildman–Crippen LogP) is 3.61. The standard InChI is InChI=1S/C15H15N3S2/c1-12(14-9-5-6-10-16-14)17-18-15(19)20-11-13-7-3-2-4-8-13/h2-10H,11H2,1H3,(H,18,19)/b17-12+. The van der Waals surface area contributed by atoms with Crippen LogP contribution in [0.4, 0.5) is 0 Å². The van der Waals surface area contributed by atoms with Gasteiger partial charge < -0.3 is 0 Å². The van der Waals surface area contributed by atoms with Crippen LogP contribution in [0.3, 0.4) is 0 Å². The number of nitrogens with one attached hydrogen (secondary N) is 1. The van der Waals surface area contributed by atoms with E-state index in [1.54, 1.807) is 18.0 Å². The molecule has 0 bridgehead atoms. The summed E-state index contributed by atoms with van der Waals surface area (Å²) in [7, 11) is 0. The Bertz CT molecular complexity index is 583. The lowest BCUT2D eigenvalue weighted by molar-refractivity contribution is 1.05. The second-order valence-electron chi connectivity index (χ2n) is 4.09. The van der Waals surface area contributed by atoms with E-state index in [-0.39, 0.29) is 0 Å². The molecule has 0 aliphatic rings. The van der Waals surface area contributed by atoms with E-state index in [4.69, 9.17) is 12.2 Å². The van der Waals surface area contributed by atoms with Crippen LogP contribution >= 0.6 is 24.0 Å². The molecule has 1 N–H and O–H groups in total. The van der Waals surface area contributed by atoms with Crippen molar-refractivity contribution in [3.63, 3.8) is 0 Å². The summed E-state index contributed by atoms with van der Waals surface area (Å²) < 4.78 is 0.657. The summed E-state index contributed by atoms with van der Waals surface area (Å²) in [6, 6.07) is 15.9. The quantitative estimate of drug-likeness (QED) is 0.532. The Morgan fingerprint density at radius 1 is 1.20 bits per heavy atom. The van der Waals surface area contributed by atoms with Gasteiger partial charge in [0, 0.05) is 11.9 Å². The van der Waals surface area contributed by atoms with Crippen LogP contribution in [0.25, 0.3) is 0 Å². The fraction of sp³-hybridized carbons (Fsp3) is 0.133. The summed E-state index contributed by atoms with van der Waals surface area (Å²) in [5.74, 6) is 0.838. The predicted molar refractivity (Wildman–Crippen MR) is 89.9 cm³/mol. The second kappa shape index (κ2) is 7.77. The molecule has 1 aromatic heterocycles. The van der Waals surface area contributed by atoms with Crippen LogP contribution in [0.15, 0.2) is 59.8 Å². The number of hydrazone groups is 1. The number of thiocarbonyl (C=S) groups is 1. The largest absolute Gasteiger partial charge is 0.262 e. The van der Waals surface area contributed by atoms with Crippen LogP contribution in [0.2, 0.25) is 0 Å². The average molecular weight is 301 g/mol. The lowest BCUT2D eigenvalue weighted by Crippen LogP contribution is -2.14. The molecular formula is C15H15N3S2. The molecule has 0 saturated heterocycles. The first-order valence-electron chi connectivity index (χ1n) is 6.18. The molecule has 0 aliphatic heterocycles. The zero-order valence-electron chi connectivity index (χ0n) is 11.1. The molecular weight excluding hydrogens is 286 g/mol. The Labute approximate surface area is 128 Å². The molecule has 2 rings (SSSR count). The number of rotatable bonds is 4. The molecule has 20 heavy (non-hydrogen) atoms. The Balaban J connectivity index is 1.83. The van der Waals surface area contributed by atoms with Crippen molar-refractivity contribution in [2.45, 2.75) is 12.7 Å². The molecule has 1 aromatic carbocycles. The highest BCUT2D eigenvalue weighted by atomic mass is 32.2. The summed E-state index contributed by atoms with van der Waals surface area (Å²) in [4.78, 5) is 4.23. The van der Waals surface area contributed by atoms with E-state index in [2.05, 4.69) is 27.6 Å². The summed E-state index contributed by atoms with van der Waals surface area (Å²) >= 11 is 6.81. The maximum atomic E-state index is 5.25. The monoisotopic (exact) mass is 301 g/mol. The lowest BCUT2D eigenvalue weighted by atomic mass is 10.2. The molecule has 102 valence electrons. The Morgan fingerprint density at radius 2 is 1.95 bits per heavy atom. The van der Waals surface area contributed by atoms with Crippen molar-refractivity contribution in [2.24, 2.45) is 5.10 Å². The van der Waals surface area contributed by atoms with Gasteiger partial charge in [-0.15, -0.1) is 0 Å². The summed E-state index contributed by atoms with van der Waals surface area (Å²) in [5, 5.41) is 4.25. The van der Waals surface area contributed by atoms with Gasteiger partial charge in [-0.2, -0.15) is 5.10 Å². The zero-order valence-corrected chi connectivity index (χ0v) is 12.7. The number of hydrogen-bond donors (Lipinski definition) is 1. The second-order valence-corrected chi connectivity index (χ2v) is 5.74. The summed E-state index contributed by atoms with van der Waals surface area (Å²) in [6.45, 7) is 1.90. The third-order valence-electron chi connectivity index (χ3n) is 2.56. The van der Waals surface area contributed by atoms with E-state index in [1.807, 2.05) is 43.3 Å². The molecule has 3 nitrogen and oxygen atoms in total. The van der Waals surface area contributed by atoms with Crippen molar-refractivity contribution in [1.29, 1.82) is 0 Å². The third kappa shape index (κ3) is 4.75. The van der Waals surface area contributed by atoms with Gasteiger partial charge in [0.25, 0.3) is 0 Å². The maximum absolute atomic E-state index is 5.25. The number of thioether (sulfide) groups is 1. The van der Waals surface area contributed by atoms with Gasteiger partial charge in [0.05, 0.1) is 11.4 Å². The molecule has 0 aliphatic carbocycles. The van der Waals surface area contributed by atoms with Crippen LogP contribution in [0, 0.1) is 0 Å². The summed E-state index contributed by atoms with van der Waals surface area (Å²) in [5.41, 5.74) is 5.79. The van der Waals surface area contributed by atoms with Crippen LogP contribution < -0.4 is 5.43 Å². The van der Waals surface area contributed by atoms with Gasteiger partial charge in [-0.3, -0.25) is 10.4 Å². The van der Waals surface area contributed by atoms with Crippen molar-refractivity contribution >= 4 is 34.0 Å². The minimum Gasteiger partial charge on any atom is -0.262 e. The first kappa shape index (κ1) is 14.7.